The van der Waals surface area contributed by atoms with E-state index in [-0.39, 0.29) is 18.2 Å². The van der Waals surface area contributed by atoms with Crippen LogP contribution in [0.5, 0.6) is 5.75 Å². The monoisotopic (exact) mass is 386 g/mol. The molecule has 0 spiro atoms. The van der Waals surface area contributed by atoms with Crippen molar-refractivity contribution in [2.75, 3.05) is 25.0 Å². The predicted molar refractivity (Wildman–Crippen MR) is 112 cm³/mol. The van der Waals surface area contributed by atoms with E-state index in [2.05, 4.69) is 5.32 Å². The van der Waals surface area contributed by atoms with Crippen molar-refractivity contribution in [2.45, 2.75) is 6.54 Å². The fourth-order valence-corrected chi connectivity index (χ4v) is 3.44. The van der Waals surface area contributed by atoms with Crippen LogP contribution < -0.4 is 10.1 Å². The molecule has 146 valence electrons. The molecular formula is C24H22N2O3. The van der Waals surface area contributed by atoms with Gasteiger partial charge in [-0.25, -0.2) is 0 Å². The molecule has 0 atom stereocenters. The number of nitrogens with zero attached hydrogens (tertiary/aromatic N) is 1. The van der Waals surface area contributed by atoms with Gasteiger partial charge in [0.25, 0.3) is 0 Å². The van der Waals surface area contributed by atoms with Crippen LogP contribution in [0.1, 0.15) is 21.5 Å². The number of hydrogen-bond donors (Lipinski definition) is 1. The van der Waals surface area contributed by atoms with Crippen molar-refractivity contribution in [3.8, 4) is 5.75 Å². The molecule has 3 aromatic rings. The Morgan fingerprint density at radius 1 is 0.897 bits per heavy atom. The summed E-state index contributed by atoms with van der Waals surface area (Å²) in [6, 6.07) is 24.1. The number of anilines is 1. The molecule has 1 heterocycles. The van der Waals surface area contributed by atoms with Gasteiger partial charge >= 0.3 is 0 Å². The van der Waals surface area contributed by atoms with E-state index in [4.69, 9.17) is 4.74 Å². The van der Waals surface area contributed by atoms with Crippen molar-refractivity contribution in [3.05, 3.63) is 95.6 Å². The van der Waals surface area contributed by atoms with Crippen LogP contribution >= 0.6 is 0 Å². The molecule has 0 saturated carbocycles. The minimum Gasteiger partial charge on any atom is -0.492 e. The summed E-state index contributed by atoms with van der Waals surface area (Å²) in [5, 5.41) is 2.91. The Hall–Kier alpha value is -3.44. The number of ketones is 1. The van der Waals surface area contributed by atoms with Gasteiger partial charge in [0.15, 0.2) is 5.78 Å². The zero-order chi connectivity index (χ0) is 20.1. The van der Waals surface area contributed by atoms with E-state index >= 15 is 0 Å². The third kappa shape index (κ3) is 4.52. The van der Waals surface area contributed by atoms with Crippen LogP contribution in [-0.4, -0.2) is 36.3 Å². The first-order valence-electron chi connectivity index (χ1n) is 9.62. The van der Waals surface area contributed by atoms with Gasteiger partial charge < -0.3 is 10.1 Å². The van der Waals surface area contributed by atoms with Crippen LogP contribution in [0.25, 0.3) is 0 Å². The quantitative estimate of drug-likeness (QED) is 0.679. The van der Waals surface area contributed by atoms with Gasteiger partial charge in [0.05, 0.1) is 12.2 Å². The minimum absolute atomic E-state index is 0.112. The highest BCUT2D eigenvalue weighted by molar-refractivity contribution is 6.13. The molecule has 1 aliphatic heterocycles. The molecule has 0 aliphatic carbocycles. The molecule has 0 fully saturated rings. The number of nitrogens with one attached hydrogen (secondary N) is 1. The van der Waals surface area contributed by atoms with Gasteiger partial charge in [0.1, 0.15) is 12.4 Å². The zero-order valence-corrected chi connectivity index (χ0v) is 16.0. The first-order valence-corrected chi connectivity index (χ1v) is 9.62. The summed E-state index contributed by atoms with van der Waals surface area (Å²) in [4.78, 5) is 27.6. The van der Waals surface area contributed by atoms with Crippen molar-refractivity contribution < 1.29 is 14.3 Å². The normalized spacial score (nSPS) is 13.7. The summed E-state index contributed by atoms with van der Waals surface area (Å²) in [6.45, 7) is 2.07. The van der Waals surface area contributed by atoms with Crippen LogP contribution in [0.4, 0.5) is 5.69 Å². The van der Waals surface area contributed by atoms with Gasteiger partial charge in [-0.2, -0.15) is 0 Å². The molecule has 3 aromatic carbocycles. The molecule has 1 aliphatic rings. The number of amides is 1. The van der Waals surface area contributed by atoms with Crippen molar-refractivity contribution in [1.29, 1.82) is 0 Å². The van der Waals surface area contributed by atoms with Crippen LogP contribution in [-0.2, 0) is 11.3 Å². The average molecular weight is 386 g/mol. The number of fused-ring (bicyclic) bond motifs is 1. The molecule has 1 N–H and O–H groups in total. The summed E-state index contributed by atoms with van der Waals surface area (Å²) in [7, 11) is 0. The number of carbonyl (C=O) groups excluding carboxylic acids is 2. The fourth-order valence-electron chi connectivity index (χ4n) is 3.44. The second-order valence-corrected chi connectivity index (χ2v) is 6.96. The van der Waals surface area contributed by atoms with E-state index in [1.165, 1.54) is 0 Å². The molecule has 1 amide bonds. The predicted octanol–water partition coefficient (Wildman–Crippen LogP) is 3.75. The second-order valence-electron chi connectivity index (χ2n) is 6.96. The van der Waals surface area contributed by atoms with E-state index < -0.39 is 0 Å². The zero-order valence-electron chi connectivity index (χ0n) is 16.0. The molecule has 4 rings (SSSR count). The molecule has 0 radical (unpaired) electrons. The Labute approximate surface area is 169 Å². The Morgan fingerprint density at radius 2 is 1.62 bits per heavy atom. The second kappa shape index (κ2) is 8.71. The van der Waals surface area contributed by atoms with Crippen LogP contribution in [0.2, 0.25) is 0 Å². The maximum Gasteiger partial charge on any atom is 0.238 e. The first kappa shape index (κ1) is 18.9. The van der Waals surface area contributed by atoms with Gasteiger partial charge in [0.2, 0.25) is 5.91 Å². The van der Waals surface area contributed by atoms with Crippen LogP contribution in [0.15, 0.2) is 78.9 Å². The van der Waals surface area contributed by atoms with Crippen molar-refractivity contribution in [2.24, 2.45) is 0 Å². The average Bonchev–Trinajstić information content (AvgIpc) is 2.96. The number of para-hydroxylation sites is 2. The third-order valence-corrected chi connectivity index (χ3v) is 4.88. The Kier molecular flexibility index (Phi) is 5.68. The van der Waals surface area contributed by atoms with Crippen LogP contribution in [0, 0.1) is 0 Å². The van der Waals surface area contributed by atoms with Gasteiger partial charge in [0, 0.05) is 29.8 Å². The van der Waals surface area contributed by atoms with E-state index in [0.29, 0.717) is 36.5 Å². The lowest BCUT2D eigenvalue weighted by atomic mass is 10.0. The molecule has 0 unspecified atom stereocenters. The Balaban J connectivity index is 1.46. The summed E-state index contributed by atoms with van der Waals surface area (Å²) < 4.78 is 5.76. The molecule has 0 aromatic heterocycles. The van der Waals surface area contributed by atoms with E-state index in [1.807, 2.05) is 53.4 Å². The van der Waals surface area contributed by atoms with Gasteiger partial charge in [-0.15, -0.1) is 0 Å². The molecule has 0 bridgehead atoms. The number of hydrogen-bond acceptors (Lipinski definition) is 4. The van der Waals surface area contributed by atoms with Crippen molar-refractivity contribution >= 4 is 17.4 Å². The Bertz CT molecular complexity index is 1020. The molecule has 29 heavy (non-hydrogen) atoms. The number of carbonyl (C=O) groups is 2. The third-order valence-electron chi connectivity index (χ3n) is 4.88. The summed E-state index contributed by atoms with van der Waals surface area (Å²) in [6.07, 6.45) is 0. The number of ether oxygens (including phenoxy) is 1. The first-order chi connectivity index (χ1) is 14.2. The lowest BCUT2D eigenvalue weighted by Crippen LogP contribution is -2.34. The lowest BCUT2D eigenvalue weighted by Gasteiger charge is -2.19. The van der Waals surface area contributed by atoms with Crippen molar-refractivity contribution in [3.63, 3.8) is 0 Å². The maximum atomic E-state index is 12.8. The smallest absolute Gasteiger partial charge is 0.238 e. The molecule has 0 saturated heterocycles. The van der Waals surface area contributed by atoms with Gasteiger partial charge in [-0.05, 0) is 18.2 Å². The summed E-state index contributed by atoms with van der Waals surface area (Å²) in [5.74, 6) is 0.602. The van der Waals surface area contributed by atoms with Crippen LogP contribution in [0.3, 0.4) is 0 Å². The standard InChI is InChI=1S/C24H22N2O3/c27-23(17-26-14-15-29-22-13-7-4-10-19(22)16-26)25-21-12-6-5-11-20(21)24(28)18-8-2-1-3-9-18/h1-13H,14-17H2,(H,25,27). The van der Waals surface area contributed by atoms with E-state index in [9.17, 15) is 9.59 Å². The SMILES string of the molecule is O=C(CN1CCOc2ccccc2C1)Nc1ccccc1C(=O)c1ccccc1. The topological polar surface area (TPSA) is 58.6 Å². The minimum atomic E-state index is -0.155. The molecule has 5 heteroatoms. The maximum absolute atomic E-state index is 12.8. The number of rotatable bonds is 5. The summed E-state index contributed by atoms with van der Waals surface area (Å²) >= 11 is 0. The highest BCUT2D eigenvalue weighted by Gasteiger charge is 2.19. The summed E-state index contributed by atoms with van der Waals surface area (Å²) in [5.41, 5.74) is 2.67. The van der Waals surface area contributed by atoms with Gasteiger partial charge in [-0.3, -0.25) is 14.5 Å². The van der Waals surface area contributed by atoms with E-state index in [0.717, 1.165) is 11.3 Å². The van der Waals surface area contributed by atoms with Gasteiger partial charge in [-0.1, -0.05) is 60.7 Å². The van der Waals surface area contributed by atoms with E-state index in [1.54, 1.807) is 30.3 Å². The fraction of sp³-hybridized carbons (Fsp3) is 0.167. The number of benzene rings is 3. The van der Waals surface area contributed by atoms with Crippen molar-refractivity contribution in [1.82, 2.24) is 4.90 Å². The largest absolute Gasteiger partial charge is 0.492 e. The molecule has 5 nitrogen and oxygen atoms in total. The highest BCUT2D eigenvalue weighted by Crippen LogP contribution is 2.23. The lowest BCUT2D eigenvalue weighted by molar-refractivity contribution is -0.117. The Morgan fingerprint density at radius 3 is 2.48 bits per heavy atom. The highest BCUT2D eigenvalue weighted by atomic mass is 16.5. The molecular weight excluding hydrogens is 364 g/mol.